The van der Waals surface area contributed by atoms with Crippen LogP contribution in [0.3, 0.4) is 0 Å². The number of nitrogens with zero attached hydrogens (tertiary/aromatic N) is 1. The van der Waals surface area contributed by atoms with E-state index in [4.69, 9.17) is 22.1 Å². The molecule has 1 atom stereocenters. The van der Waals surface area contributed by atoms with Gasteiger partial charge in [-0.05, 0) is 37.6 Å². The second-order valence-corrected chi connectivity index (χ2v) is 5.84. The Balaban J connectivity index is 2.92. The number of nitrogens with two attached hydrogens (primary N) is 1. The molecule has 0 heterocycles. The van der Waals surface area contributed by atoms with E-state index in [0.29, 0.717) is 18.0 Å². The lowest BCUT2D eigenvalue weighted by Gasteiger charge is -2.25. The zero-order chi connectivity index (χ0) is 16.5. The average Bonchev–Trinajstić information content (AvgIpc) is 2.52. The Bertz CT molecular complexity index is 474. The molecule has 0 saturated carbocycles. The molecular formula is C17H27ClN2O2. The molecule has 0 spiro atoms. The van der Waals surface area contributed by atoms with Crippen LogP contribution in [0.2, 0.25) is 5.02 Å². The summed E-state index contributed by atoms with van der Waals surface area (Å²) in [5.41, 5.74) is 6.81. The molecule has 4 nitrogen and oxygen atoms in total. The van der Waals surface area contributed by atoms with Crippen molar-refractivity contribution < 1.29 is 9.53 Å². The van der Waals surface area contributed by atoms with Crippen LogP contribution in [0.15, 0.2) is 18.2 Å². The first-order valence-corrected chi connectivity index (χ1v) is 8.26. The predicted octanol–water partition coefficient (Wildman–Crippen LogP) is 3.43. The van der Waals surface area contributed by atoms with Gasteiger partial charge in [0, 0.05) is 36.0 Å². The van der Waals surface area contributed by atoms with Crippen molar-refractivity contribution in [2.45, 2.75) is 39.0 Å². The monoisotopic (exact) mass is 326 g/mol. The summed E-state index contributed by atoms with van der Waals surface area (Å²) in [5.74, 6) is 0.781. The standard InChI is InChI=1S/C17H27ClN2O2/c1-4-8-20(9-5-2)17(21)10-13(12-19)15-11-14(18)6-7-16(15)22-3/h6-7,11,13H,4-5,8-10,12,19H2,1-3H3. The van der Waals surface area contributed by atoms with Crippen molar-refractivity contribution in [3.63, 3.8) is 0 Å². The van der Waals surface area contributed by atoms with Gasteiger partial charge in [0.2, 0.25) is 5.91 Å². The Kier molecular flexibility index (Phi) is 8.28. The highest BCUT2D eigenvalue weighted by Gasteiger charge is 2.21. The summed E-state index contributed by atoms with van der Waals surface area (Å²) in [6, 6.07) is 5.44. The zero-order valence-corrected chi connectivity index (χ0v) is 14.5. The molecule has 2 N–H and O–H groups in total. The Morgan fingerprint density at radius 3 is 2.45 bits per heavy atom. The molecule has 0 fully saturated rings. The van der Waals surface area contributed by atoms with Gasteiger partial charge in [-0.3, -0.25) is 4.79 Å². The van der Waals surface area contributed by atoms with Crippen molar-refractivity contribution >= 4 is 17.5 Å². The minimum Gasteiger partial charge on any atom is -0.496 e. The summed E-state index contributed by atoms with van der Waals surface area (Å²) < 4.78 is 5.38. The Morgan fingerprint density at radius 2 is 1.95 bits per heavy atom. The Hall–Kier alpha value is -1.26. The number of carbonyl (C=O) groups excluding carboxylic acids is 1. The molecule has 124 valence electrons. The quantitative estimate of drug-likeness (QED) is 0.756. The second-order valence-electron chi connectivity index (χ2n) is 5.40. The third-order valence-corrected chi connectivity index (χ3v) is 3.91. The molecule has 1 aromatic rings. The maximum atomic E-state index is 12.5. The second kappa shape index (κ2) is 9.70. The van der Waals surface area contributed by atoms with E-state index in [2.05, 4.69) is 13.8 Å². The maximum Gasteiger partial charge on any atom is 0.223 e. The van der Waals surface area contributed by atoms with E-state index in [1.54, 1.807) is 13.2 Å². The third kappa shape index (κ3) is 5.18. The van der Waals surface area contributed by atoms with Gasteiger partial charge in [-0.2, -0.15) is 0 Å². The van der Waals surface area contributed by atoms with Gasteiger partial charge in [-0.15, -0.1) is 0 Å². The van der Waals surface area contributed by atoms with E-state index >= 15 is 0 Å². The molecule has 1 rings (SSSR count). The first-order chi connectivity index (χ1) is 10.6. The summed E-state index contributed by atoms with van der Waals surface area (Å²) in [5, 5.41) is 0.626. The SMILES string of the molecule is CCCN(CCC)C(=O)CC(CN)c1cc(Cl)ccc1OC. The van der Waals surface area contributed by atoms with Crippen LogP contribution < -0.4 is 10.5 Å². The van der Waals surface area contributed by atoms with Crippen LogP contribution in [0.5, 0.6) is 5.75 Å². The van der Waals surface area contributed by atoms with Crippen LogP contribution in [-0.4, -0.2) is 37.6 Å². The molecule has 1 amide bonds. The highest BCUT2D eigenvalue weighted by atomic mass is 35.5. The van der Waals surface area contributed by atoms with Gasteiger partial charge >= 0.3 is 0 Å². The van der Waals surface area contributed by atoms with E-state index in [9.17, 15) is 4.79 Å². The van der Waals surface area contributed by atoms with Crippen molar-refractivity contribution in [2.75, 3.05) is 26.7 Å². The van der Waals surface area contributed by atoms with Crippen LogP contribution in [0.25, 0.3) is 0 Å². The fourth-order valence-corrected chi connectivity index (χ4v) is 2.77. The number of halogens is 1. The van der Waals surface area contributed by atoms with Gasteiger partial charge in [-0.25, -0.2) is 0 Å². The minimum atomic E-state index is -0.0858. The number of benzene rings is 1. The molecular weight excluding hydrogens is 300 g/mol. The third-order valence-electron chi connectivity index (χ3n) is 3.68. The van der Waals surface area contributed by atoms with Crippen molar-refractivity contribution in [3.05, 3.63) is 28.8 Å². The minimum absolute atomic E-state index is 0.0858. The molecule has 0 aliphatic heterocycles. The number of ether oxygens (including phenoxy) is 1. The van der Waals surface area contributed by atoms with E-state index < -0.39 is 0 Å². The molecule has 0 aromatic heterocycles. The lowest BCUT2D eigenvalue weighted by atomic mass is 9.94. The Labute approximate surface area is 138 Å². The molecule has 0 bridgehead atoms. The first-order valence-electron chi connectivity index (χ1n) is 7.88. The van der Waals surface area contributed by atoms with Crippen molar-refractivity contribution in [2.24, 2.45) is 5.73 Å². The summed E-state index contributed by atoms with van der Waals surface area (Å²) in [6.07, 6.45) is 2.30. The van der Waals surface area contributed by atoms with Crippen LogP contribution in [0.1, 0.15) is 44.6 Å². The van der Waals surface area contributed by atoms with E-state index in [0.717, 1.165) is 37.2 Å². The van der Waals surface area contributed by atoms with Crippen molar-refractivity contribution in [1.29, 1.82) is 0 Å². The zero-order valence-electron chi connectivity index (χ0n) is 13.8. The van der Waals surface area contributed by atoms with Crippen molar-refractivity contribution in [1.82, 2.24) is 4.90 Å². The highest BCUT2D eigenvalue weighted by molar-refractivity contribution is 6.30. The largest absolute Gasteiger partial charge is 0.496 e. The molecule has 0 saturated heterocycles. The smallest absolute Gasteiger partial charge is 0.223 e. The maximum absolute atomic E-state index is 12.5. The van der Waals surface area contributed by atoms with Crippen LogP contribution in [0.4, 0.5) is 0 Å². The fraction of sp³-hybridized carbons (Fsp3) is 0.588. The van der Waals surface area contributed by atoms with Gasteiger partial charge in [0.15, 0.2) is 0 Å². The molecule has 1 aromatic carbocycles. The van der Waals surface area contributed by atoms with Gasteiger partial charge in [-0.1, -0.05) is 25.4 Å². The van der Waals surface area contributed by atoms with Gasteiger partial charge in [0.25, 0.3) is 0 Å². The average molecular weight is 327 g/mol. The topological polar surface area (TPSA) is 55.6 Å². The number of hydrogen-bond acceptors (Lipinski definition) is 3. The van der Waals surface area contributed by atoms with E-state index in [1.807, 2.05) is 17.0 Å². The van der Waals surface area contributed by atoms with Gasteiger partial charge < -0.3 is 15.4 Å². The molecule has 5 heteroatoms. The number of carbonyl (C=O) groups is 1. The summed E-state index contributed by atoms with van der Waals surface area (Å²) in [6.45, 7) is 6.12. The van der Waals surface area contributed by atoms with Gasteiger partial charge in [0.1, 0.15) is 5.75 Å². The van der Waals surface area contributed by atoms with Crippen LogP contribution in [0, 0.1) is 0 Å². The Morgan fingerprint density at radius 1 is 1.32 bits per heavy atom. The fourth-order valence-electron chi connectivity index (χ4n) is 2.59. The summed E-state index contributed by atoms with van der Waals surface area (Å²) >= 11 is 6.08. The molecule has 0 aliphatic rings. The molecule has 22 heavy (non-hydrogen) atoms. The molecule has 0 radical (unpaired) electrons. The molecule has 0 aliphatic carbocycles. The summed E-state index contributed by atoms with van der Waals surface area (Å²) in [4.78, 5) is 14.5. The van der Waals surface area contributed by atoms with E-state index in [1.165, 1.54) is 0 Å². The van der Waals surface area contributed by atoms with Crippen LogP contribution in [-0.2, 0) is 4.79 Å². The number of hydrogen-bond donors (Lipinski definition) is 1. The number of methoxy groups -OCH3 is 1. The lowest BCUT2D eigenvalue weighted by molar-refractivity contribution is -0.131. The van der Waals surface area contributed by atoms with Gasteiger partial charge in [0.05, 0.1) is 7.11 Å². The predicted molar refractivity (Wildman–Crippen MR) is 91.6 cm³/mol. The number of amides is 1. The first kappa shape index (κ1) is 18.8. The van der Waals surface area contributed by atoms with Crippen molar-refractivity contribution in [3.8, 4) is 5.75 Å². The summed E-state index contributed by atoms with van der Waals surface area (Å²) in [7, 11) is 1.61. The van der Waals surface area contributed by atoms with E-state index in [-0.39, 0.29) is 11.8 Å². The highest BCUT2D eigenvalue weighted by Crippen LogP contribution is 2.31. The van der Waals surface area contributed by atoms with Crippen LogP contribution >= 0.6 is 11.6 Å². The lowest BCUT2D eigenvalue weighted by Crippen LogP contribution is -2.34. The normalized spacial score (nSPS) is 12.0. The molecule has 1 unspecified atom stereocenters. The number of rotatable bonds is 9.